The number of hydrogen-bond acceptors (Lipinski definition) is 2. The first-order chi connectivity index (χ1) is 6.28. The second-order valence-corrected chi connectivity index (χ2v) is 5.09. The van der Waals surface area contributed by atoms with E-state index in [1.807, 2.05) is 11.8 Å². The van der Waals surface area contributed by atoms with Crippen molar-refractivity contribution in [2.75, 3.05) is 5.75 Å². The van der Waals surface area contributed by atoms with Gasteiger partial charge in [0, 0.05) is 10.6 Å². The van der Waals surface area contributed by atoms with Crippen LogP contribution >= 0.6 is 11.8 Å². The van der Waals surface area contributed by atoms with Crippen molar-refractivity contribution in [1.29, 1.82) is 0 Å². The summed E-state index contributed by atoms with van der Waals surface area (Å²) < 4.78 is 0. The molecule has 1 aromatic carbocycles. The Morgan fingerprint density at radius 3 is 2.92 bits per heavy atom. The van der Waals surface area contributed by atoms with Crippen molar-refractivity contribution in [1.82, 2.24) is 0 Å². The molecule has 1 fully saturated rings. The van der Waals surface area contributed by atoms with Crippen molar-refractivity contribution >= 4 is 11.8 Å². The van der Waals surface area contributed by atoms with Crippen LogP contribution in [0.1, 0.15) is 24.0 Å². The fraction of sp³-hybridized carbons (Fsp3) is 0.455. The standard InChI is InChI=1S/C11H12OS/c12-11(4-5-11)9-1-2-10-8(7-9)3-6-13-10/h1-2,7,12H,3-6H2. The van der Waals surface area contributed by atoms with Crippen molar-refractivity contribution in [2.24, 2.45) is 0 Å². The molecule has 1 aliphatic heterocycles. The maximum absolute atomic E-state index is 9.92. The molecule has 0 bridgehead atoms. The zero-order chi connectivity index (χ0) is 8.89. The van der Waals surface area contributed by atoms with Crippen LogP contribution in [0.2, 0.25) is 0 Å². The zero-order valence-electron chi connectivity index (χ0n) is 7.42. The summed E-state index contributed by atoms with van der Waals surface area (Å²) in [4.78, 5) is 1.41. The maximum Gasteiger partial charge on any atom is 0.0899 e. The highest BCUT2D eigenvalue weighted by molar-refractivity contribution is 7.99. The third-order valence-electron chi connectivity index (χ3n) is 2.95. The van der Waals surface area contributed by atoms with Gasteiger partial charge < -0.3 is 5.11 Å². The molecule has 0 aromatic heterocycles. The largest absolute Gasteiger partial charge is 0.385 e. The normalized spacial score (nSPS) is 22.8. The minimum atomic E-state index is -0.456. The van der Waals surface area contributed by atoms with Crippen molar-refractivity contribution in [3.63, 3.8) is 0 Å². The highest BCUT2D eigenvalue weighted by Gasteiger charge is 2.42. The second-order valence-electron chi connectivity index (χ2n) is 3.95. The van der Waals surface area contributed by atoms with E-state index in [1.54, 1.807) is 0 Å². The van der Waals surface area contributed by atoms with Crippen LogP contribution in [0, 0.1) is 0 Å². The lowest BCUT2D eigenvalue weighted by molar-refractivity contribution is 0.151. The number of aliphatic hydroxyl groups is 1. The van der Waals surface area contributed by atoms with Crippen LogP contribution in [0.25, 0.3) is 0 Å². The summed E-state index contributed by atoms with van der Waals surface area (Å²) in [7, 11) is 0. The molecule has 0 amide bonds. The van der Waals surface area contributed by atoms with E-state index in [0.717, 1.165) is 18.4 Å². The fourth-order valence-electron chi connectivity index (χ4n) is 1.88. The molecule has 2 heteroatoms. The monoisotopic (exact) mass is 192 g/mol. The average molecular weight is 192 g/mol. The van der Waals surface area contributed by atoms with Gasteiger partial charge >= 0.3 is 0 Å². The zero-order valence-corrected chi connectivity index (χ0v) is 8.23. The molecule has 0 radical (unpaired) electrons. The molecule has 3 rings (SSSR count). The van der Waals surface area contributed by atoms with Crippen LogP contribution in [0.5, 0.6) is 0 Å². The van der Waals surface area contributed by atoms with Gasteiger partial charge in [0.15, 0.2) is 0 Å². The van der Waals surface area contributed by atoms with Gasteiger partial charge in [0.2, 0.25) is 0 Å². The number of benzene rings is 1. The molecule has 0 spiro atoms. The second kappa shape index (κ2) is 2.52. The van der Waals surface area contributed by atoms with Crippen LogP contribution < -0.4 is 0 Å². The van der Waals surface area contributed by atoms with Crippen molar-refractivity contribution < 1.29 is 5.11 Å². The molecule has 68 valence electrons. The van der Waals surface area contributed by atoms with E-state index in [9.17, 15) is 5.11 Å². The lowest BCUT2D eigenvalue weighted by Crippen LogP contribution is -2.04. The van der Waals surface area contributed by atoms with Gasteiger partial charge in [-0.3, -0.25) is 0 Å². The Labute approximate surface area is 82.2 Å². The predicted molar refractivity (Wildman–Crippen MR) is 54.0 cm³/mol. The maximum atomic E-state index is 9.92. The number of aryl methyl sites for hydroxylation is 1. The molecule has 1 aromatic rings. The Hall–Kier alpha value is -0.470. The number of hydrogen-bond donors (Lipinski definition) is 1. The Kier molecular flexibility index (Phi) is 1.53. The minimum absolute atomic E-state index is 0.456. The first-order valence-electron chi connectivity index (χ1n) is 4.77. The molecule has 1 saturated carbocycles. The molecule has 1 nitrogen and oxygen atoms in total. The average Bonchev–Trinajstić information content (AvgIpc) is 2.74. The van der Waals surface area contributed by atoms with Gasteiger partial charge in [0.25, 0.3) is 0 Å². The van der Waals surface area contributed by atoms with Crippen molar-refractivity contribution in [3.05, 3.63) is 29.3 Å². The van der Waals surface area contributed by atoms with Gasteiger partial charge in [0.1, 0.15) is 0 Å². The van der Waals surface area contributed by atoms with E-state index in [0.29, 0.717) is 0 Å². The number of thioether (sulfide) groups is 1. The summed E-state index contributed by atoms with van der Waals surface area (Å²) in [6.45, 7) is 0. The van der Waals surface area contributed by atoms with Crippen LogP contribution in [0.15, 0.2) is 23.1 Å². The molecular weight excluding hydrogens is 180 g/mol. The number of rotatable bonds is 1. The van der Waals surface area contributed by atoms with E-state index < -0.39 is 5.60 Å². The Bertz CT molecular complexity index is 355. The molecule has 13 heavy (non-hydrogen) atoms. The topological polar surface area (TPSA) is 20.2 Å². The highest BCUT2D eigenvalue weighted by atomic mass is 32.2. The molecule has 0 saturated heterocycles. The lowest BCUT2D eigenvalue weighted by Gasteiger charge is -2.09. The first-order valence-corrected chi connectivity index (χ1v) is 5.75. The summed E-state index contributed by atoms with van der Waals surface area (Å²) in [6.07, 6.45) is 3.06. The quantitative estimate of drug-likeness (QED) is 0.737. The van der Waals surface area contributed by atoms with Crippen LogP contribution in [-0.2, 0) is 12.0 Å². The Morgan fingerprint density at radius 2 is 2.15 bits per heavy atom. The predicted octanol–water partition coefficient (Wildman–Crippen LogP) is 2.32. The summed E-state index contributed by atoms with van der Waals surface area (Å²) >= 11 is 1.93. The Balaban J connectivity index is 2.05. The third kappa shape index (κ3) is 1.20. The van der Waals surface area contributed by atoms with Crippen LogP contribution in [0.3, 0.4) is 0 Å². The smallest absolute Gasteiger partial charge is 0.0899 e. The van der Waals surface area contributed by atoms with E-state index in [2.05, 4.69) is 18.2 Å². The summed E-state index contributed by atoms with van der Waals surface area (Å²) in [6, 6.07) is 6.45. The molecule has 2 aliphatic rings. The third-order valence-corrected chi connectivity index (χ3v) is 4.07. The van der Waals surface area contributed by atoms with Gasteiger partial charge in [-0.15, -0.1) is 11.8 Å². The SMILES string of the molecule is OC1(c2ccc3c(c2)CCS3)CC1. The van der Waals surface area contributed by atoms with E-state index in [4.69, 9.17) is 0 Å². The van der Waals surface area contributed by atoms with E-state index >= 15 is 0 Å². The summed E-state index contributed by atoms with van der Waals surface area (Å²) in [5.74, 6) is 1.21. The molecule has 0 unspecified atom stereocenters. The van der Waals surface area contributed by atoms with Gasteiger partial charge in [-0.25, -0.2) is 0 Å². The van der Waals surface area contributed by atoms with Crippen LogP contribution in [-0.4, -0.2) is 10.9 Å². The van der Waals surface area contributed by atoms with Crippen molar-refractivity contribution in [3.8, 4) is 0 Å². The van der Waals surface area contributed by atoms with E-state index in [1.165, 1.54) is 22.6 Å². The molecule has 1 heterocycles. The number of fused-ring (bicyclic) bond motifs is 1. The lowest BCUT2D eigenvalue weighted by atomic mass is 10.0. The Morgan fingerprint density at radius 1 is 1.31 bits per heavy atom. The minimum Gasteiger partial charge on any atom is -0.385 e. The highest BCUT2D eigenvalue weighted by Crippen LogP contribution is 2.46. The van der Waals surface area contributed by atoms with Crippen molar-refractivity contribution in [2.45, 2.75) is 29.8 Å². The summed E-state index contributed by atoms with van der Waals surface area (Å²) in [5, 5.41) is 9.92. The van der Waals surface area contributed by atoms with Gasteiger partial charge in [-0.2, -0.15) is 0 Å². The molecule has 1 aliphatic carbocycles. The fourth-order valence-corrected chi connectivity index (χ4v) is 2.94. The van der Waals surface area contributed by atoms with Gasteiger partial charge in [-0.05, 0) is 36.5 Å². The van der Waals surface area contributed by atoms with Gasteiger partial charge in [-0.1, -0.05) is 12.1 Å². The summed E-state index contributed by atoms with van der Waals surface area (Å²) in [5.41, 5.74) is 2.11. The van der Waals surface area contributed by atoms with E-state index in [-0.39, 0.29) is 0 Å². The van der Waals surface area contributed by atoms with Gasteiger partial charge in [0.05, 0.1) is 5.60 Å². The molecule has 0 atom stereocenters. The molecule has 1 N–H and O–H groups in total. The first kappa shape index (κ1) is 7.89. The van der Waals surface area contributed by atoms with Crippen LogP contribution in [0.4, 0.5) is 0 Å². The molecular formula is C11H12OS.